The summed E-state index contributed by atoms with van der Waals surface area (Å²) in [4.78, 5) is 31.1. The van der Waals surface area contributed by atoms with Crippen molar-refractivity contribution in [3.8, 4) is 11.5 Å². The maximum absolute atomic E-state index is 13.5. The van der Waals surface area contributed by atoms with Crippen molar-refractivity contribution in [2.24, 2.45) is 5.92 Å². The highest BCUT2D eigenvalue weighted by molar-refractivity contribution is 7.10. The monoisotopic (exact) mass is 488 g/mol. The molecule has 8 heteroatoms. The van der Waals surface area contributed by atoms with Gasteiger partial charge in [0.1, 0.15) is 0 Å². The fourth-order valence-corrected chi connectivity index (χ4v) is 4.77. The van der Waals surface area contributed by atoms with E-state index in [1.165, 1.54) is 10.4 Å². The van der Waals surface area contributed by atoms with E-state index < -0.39 is 0 Å². The van der Waals surface area contributed by atoms with Gasteiger partial charge >= 0.3 is 0 Å². The van der Waals surface area contributed by atoms with Crippen LogP contribution >= 0.6 is 11.3 Å². The molecule has 186 valence electrons. The van der Waals surface area contributed by atoms with Crippen LogP contribution in [0.5, 0.6) is 11.5 Å². The SMILES string of the molecule is COCCCN(CC(=O)N(CCc1ccc(OC)c(OC)c1)Cc1sccc1C)C(=O)C1CC1. The average molecular weight is 489 g/mol. The van der Waals surface area contributed by atoms with Gasteiger partial charge in [-0.25, -0.2) is 0 Å². The predicted molar refractivity (Wildman–Crippen MR) is 134 cm³/mol. The molecule has 7 nitrogen and oxygen atoms in total. The Morgan fingerprint density at radius 3 is 2.41 bits per heavy atom. The van der Waals surface area contributed by atoms with E-state index in [0.29, 0.717) is 44.2 Å². The van der Waals surface area contributed by atoms with E-state index in [9.17, 15) is 9.59 Å². The molecule has 1 aliphatic rings. The molecule has 0 unspecified atom stereocenters. The first-order valence-corrected chi connectivity index (χ1v) is 12.6. The van der Waals surface area contributed by atoms with Crippen LogP contribution in [0, 0.1) is 12.8 Å². The van der Waals surface area contributed by atoms with Crippen LogP contribution in [0.4, 0.5) is 0 Å². The number of carbonyl (C=O) groups is 2. The van der Waals surface area contributed by atoms with E-state index in [1.54, 1.807) is 37.6 Å². The van der Waals surface area contributed by atoms with Gasteiger partial charge in [-0.1, -0.05) is 6.07 Å². The summed E-state index contributed by atoms with van der Waals surface area (Å²) in [6.07, 6.45) is 3.24. The van der Waals surface area contributed by atoms with E-state index in [2.05, 4.69) is 18.4 Å². The molecule has 1 aromatic heterocycles. The number of amides is 2. The van der Waals surface area contributed by atoms with Crippen molar-refractivity contribution in [3.05, 3.63) is 45.6 Å². The lowest BCUT2D eigenvalue weighted by Crippen LogP contribution is -2.44. The van der Waals surface area contributed by atoms with Gasteiger partial charge in [0.25, 0.3) is 0 Å². The first-order chi connectivity index (χ1) is 16.5. The Bertz CT molecular complexity index is 956. The summed E-state index contributed by atoms with van der Waals surface area (Å²) in [5, 5.41) is 2.05. The molecule has 1 heterocycles. The molecule has 0 bridgehead atoms. The second-order valence-corrected chi connectivity index (χ2v) is 9.66. The van der Waals surface area contributed by atoms with Gasteiger partial charge in [-0.15, -0.1) is 11.3 Å². The molecule has 1 aromatic carbocycles. The van der Waals surface area contributed by atoms with Crippen molar-refractivity contribution in [2.45, 2.75) is 39.2 Å². The molecule has 0 spiro atoms. The van der Waals surface area contributed by atoms with Crippen LogP contribution < -0.4 is 9.47 Å². The van der Waals surface area contributed by atoms with Crippen LogP contribution in [0.25, 0.3) is 0 Å². The number of aryl methyl sites for hydroxylation is 1. The number of methoxy groups -OCH3 is 3. The van der Waals surface area contributed by atoms with Crippen LogP contribution in [0.15, 0.2) is 29.6 Å². The van der Waals surface area contributed by atoms with Gasteiger partial charge in [0.2, 0.25) is 11.8 Å². The molecule has 3 rings (SSSR count). The van der Waals surface area contributed by atoms with E-state index in [-0.39, 0.29) is 24.3 Å². The van der Waals surface area contributed by atoms with E-state index in [0.717, 1.165) is 24.8 Å². The molecule has 0 aliphatic heterocycles. The minimum atomic E-state index is -0.0281. The van der Waals surface area contributed by atoms with Crippen molar-refractivity contribution in [3.63, 3.8) is 0 Å². The smallest absolute Gasteiger partial charge is 0.242 e. The highest BCUT2D eigenvalue weighted by atomic mass is 32.1. The highest BCUT2D eigenvalue weighted by Gasteiger charge is 2.34. The number of rotatable bonds is 14. The maximum Gasteiger partial charge on any atom is 0.242 e. The fraction of sp³-hybridized carbons (Fsp3) is 0.538. The van der Waals surface area contributed by atoms with Gasteiger partial charge in [0, 0.05) is 37.6 Å². The summed E-state index contributed by atoms with van der Waals surface area (Å²) in [6, 6.07) is 7.90. The molecular formula is C26H36N2O5S. The number of thiophene rings is 1. The summed E-state index contributed by atoms with van der Waals surface area (Å²) in [5.74, 6) is 1.50. The van der Waals surface area contributed by atoms with E-state index in [4.69, 9.17) is 14.2 Å². The Morgan fingerprint density at radius 1 is 1.03 bits per heavy atom. The molecule has 1 aliphatic carbocycles. The molecule has 0 saturated heterocycles. The Labute approximate surface area is 206 Å². The maximum atomic E-state index is 13.5. The second-order valence-electron chi connectivity index (χ2n) is 8.66. The predicted octanol–water partition coefficient (Wildman–Crippen LogP) is 3.92. The zero-order valence-electron chi connectivity index (χ0n) is 20.7. The molecule has 0 N–H and O–H groups in total. The van der Waals surface area contributed by atoms with E-state index >= 15 is 0 Å². The largest absolute Gasteiger partial charge is 0.493 e. The van der Waals surface area contributed by atoms with E-state index in [1.807, 2.05) is 23.1 Å². The third-order valence-electron chi connectivity index (χ3n) is 6.11. The number of hydrogen-bond donors (Lipinski definition) is 0. The third kappa shape index (κ3) is 7.21. The Kier molecular flexibility index (Phi) is 9.77. The third-order valence-corrected chi connectivity index (χ3v) is 7.12. The molecule has 2 aromatic rings. The lowest BCUT2D eigenvalue weighted by Gasteiger charge is -2.28. The zero-order chi connectivity index (χ0) is 24.5. The van der Waals surface area contributed by atoms with Crippen LogP contribution in [0.1, 0.15) is 35.3 Å². The minimum absolute atomic E-state index is 0.0281. The van der Waals surface area contributed by atoms with Gasteiger partial charge < -0.3 is 24.0 Å². The van der Waals surface area contributed by atoms with Gasteiger partial charge in [0.05, 0.1) is 27.3 Å². The number of ether oxygens (including phenoxy) is 3. The van der Waals surface area contributed by atoms with Gasteiger partial charge in [-0.3, -0.25) is 9.59 Å². The van der Waals surface area contributed by atoms with Crippen molar-refractivity contribution in [1.29, 1.82) is 0 Å². The molecule has 2 amide bonds. The van der Waals surface area contributed by atoms with Crippen molar-refractivity contribution in [1.82, 2.24) is 9.80 Å². The average Bonchev–Trinajstić information content (AvgIpc) is 3.62. The molecular weight excluding hydrogens is 452 g/mol. The second kappa shape index (κ2) is 12.8. The molecule has 1 saturated carbocycles. The first kappa shape index (κ1) is 26.0. The standard InChI is InChI=1S/C26H36N2O5S/c1-19-11-15-34-24(19)17-27(13-10-20-6-9-22(32-3)23(16-20)33-4)25(29)18-28(12-5-14-31-2)26(30)21-7-8-21/h6,9,11,15-16,21H,5,7-8,10,12-14,17-18H2,1-4H3. The van der Waals surface area contributed by atoms with Crippen LogP contribution in [-0.4, -0.2) is 69.2 Å². The van der Waals surface area contributed by atoms with Crippen molar-refractivity contribution < 1.29 is 23.8 Å². The Hall–Kier alpha value is -2.58. The zero-order valence-corrected chi connectivity index (χ0v) is 21.5. The molecule has 0 radical (unpaired) electrons. The minimum Gasteiger partial charge on any atom is -0.493 e. The summed E-state index contributed by atoms with van der Waals surface area (Å²) in [6.45, 7) is 4.37. The topological polar surface area (TPSA) is 68.3 Å². The quantitative estimate of drug-likeness (QED) is 0.377. The first-order valence-electron chi connectivity index (χ1n) is 11.8. The summed E-state index contributed by atoms with van der Waals surface area (Å²) in [5.41, 5.74) is 2.24. The summed E-state index contributed by atoms with van der Waals surface area (Å²) in [7, 11) is 4.88. The lowest BCUT2D eigenvalue weighted by atomic mass is 10.1. The van der Waals surface area contributed by atoms with Gasteiger partial charge in [0.15, 0.2) is 11.5 Å². The summed E-state index contributed by atoms with van der Waals surface area (Å²) >= 11 is 1.66. The Balaban J connectivity index is 1.72. The normalized spacial score (nSPS) is 12.9. The van der Waals surface area contributed by atoms with Crippen molar-refractivity contribution in [2.75, 3.05) is 47.6 Å². The number of nitrogens with zero attached hydrogens (tertiary/aromatic N) is 2. The summed E-state index contributed by atoms with van der Waals surface area (Å²) < 4.78 is 15.9. The highest BCUT2D eigenvalue weighted by Crippen LogP contribution is 2.31. The molecule has 1 fully saturated rings. The van der Waals surface area contributed by atoms with Crippen LogP contribution in [-0.2, 0) is 27.3 Å². The van der Waals surface area contributed by atoms with Gasteiger partial charge in [-0.05, 0) is 67.3 Å². The van der Waals surface area contributed by atoms with Gasteiger partial charge in [-0.2, -0.15) is 0 Å². The lowest BCUT2D eigenvalue weighted by molar-refractivity contribution is -0.141. The number of carbonyl (C=O) groups excluding carboxylic acids is 2. The van der Waals surface area contributed by atoms with Crippen LogP contribution in [0.2, 0.25) is 0 Å². The molecule has 0 atom stereocenters. The van der Waals surface area contributed by atoms with Crippen LogP contribution in [0.3, 0.4) is 0 Å². The fourth-order valence-electron chi connectivity index (χ4n) is 3.85. The number of benzene rings is 1. The Morgan fingerprint density at radius 2 is 1.79 bits per heavy atom. The number of hydrogen-bond acceptors (Lipinski definition) is 6. The van der Waals surface area contributed by atoms with Crippen molar-refractivity contribution >= 4 is 23.2 Å². The molecule has 34 heavy (non-hydrogen) atoms.